The minimum absolute atomic E-state index is 0.240. The number of carboxylic acids is 2. The van der Waals surface area contributed by atoms with Gasteiger partial charge in [-0.25, -0.2) is 4.79 Å². The summed E-state index contributed by atoms with van der Waals surface area (Å²) in [6.45, 7) is 0.449. The van der Waals surface area contributed by atoms with E-state index in [0.717, 1.165) is 32.9 Å². The van der Waals surface area contributed by atoms with Crippen molar-refractivity contribution in [3.8, 4) is 11.4 Å². The standard InChI is InChI=1S/C25H20N6O5/c32-22(33)12-19(25(35)36)26-24(34)16-5-3-4-14(10-16)13-31-20-7-2-1-6-17(20)18-11-15(8-9-21(18)31)23-27-29-30-28-23/h1-11,19H,12-13H2,(H,26,34)(H,32,33)(H,35,36)(H,27,28,29,30). The molecule has 2 aromatic heterocycles. The number of tetrazole rings is 1. The lowest BCUT2D eigenvalue weighted by atomic mass is 10.1. The maximum absolute atomic E-state index is 12.7. The highest BCUT2D eigenvalue weighted by molar-refractivity contribution is 6.09. The number of para-hydroxylation sites is 1. The highest BCUT2D eigenvalue weighted by Crippen LogP contribution is 2.32. The molecule has 36 heavy (non-hydrogen) atoms. The molecule has 0 saturated heterocycles. The number of aromatic nitrogens is 5. The second-order valence-electron chi connectivity index (χ2n) is 8.23. The predicted molar refractivity (Wildman–Crippen MR) is 129 cm³/mol. The van der Waals surface area contributed by atoms with Crippen molar-refractivity contribution in [3.63, 3.8) is 0 Å². The molecule has 2 heterocycles. The van der Waals surface area contributed by atoms with Gasteiger partial charge in [0.15, 0.2) is 0 Å². The summed E-state index contributed by atoms with van der Waals surface area (Å²) in [5.41, 5.74) is 3.86. The molecule has 0 aliphatic rings. The predicted octanol–water partition coefficient (Wildman–Crippen LogP) is 2.68. The molecule has 0 aliphatic heterocycles. The van der Waals surface area contributed by atoms with Gasteiger partial charge in [-0.05, 0) is 47.2 Å². The number of carbonyl (C=O) groups excluding carboxylic acids is 1. The van der Waals surface area contributed by atoms with Crippen LogP contribution in [0.3, 0.4) is 0 Å². The fourth-order valence-electron chi connectivity index (χ4n) is 4.26. The van der Waals surface area contributed by atoms with Gasteiger partial charge < -0.3 is 20.1 Å². The molecule has 3 aromatic carbocycles. The number of fused-ring (bicyclic) bond motifs is 3. The third-order valence-electron chi connectivity index (χ3n) is 5.89. The molecule has 0 bridgehead atoms. The number of aliphatic carboxylic acids is 2. The Bertz CT molecular complexity index is 1610. The van der Waals surface area contributed by atoms with Gasteiger partial charge in [0.2, 0.25) is 5.82 Å². The number of carboxylic acid groups (broad SMARTS) is 2. The molecule has 11 nitrogen and oxygen atoms in total. The van der Waals surface area contributed by atoms with Gasteiger partial charge in [0, 0.05) is 39.5 Å². The third-order valence-corrected chi connectivity index (χ3v) is 5.89. The van der Waals surface area contributed by atoms with Crippen LogP contribution in [0.4, 0.5) is 0 Å². The number of hydrogen-bond donors (Lipinski definition) is 4. The van der Waals surface area contributed by atoms with Crippen molar-refractivity contribution in [2.24, 2.45) is 0 Å². The minimum atomic E-state index is -1.52. The largest absolute Gasteiger partial charge is 0.481 e. The van der Waals surface area contributed by atoms with E-state index in [2.05, 4.69) is 30.5 Å². The summed E-state index contributed by atoms with van der Waals surface area (Å²) in [6, 6.07) is 19.2. The van der Waals surface area contributed by atoms with E-state index in [1.807, 2.05) is 48.5 Å². The first-order chi connectivity index (χ1) is 17.4. The van der Waals surface area contributed by atoms with Crippen molar-refractivity contribution in [1.82, 2.24) is 30.5 Å². The summed E-state index contributed by atoms with van der Waals surface area (Å²) in [5.74, 6) is -2.88. The van der Waals surface area contributed by atoms with Crippen molar-refractivity contribution in [2.45, 2.75) is 19.0 Å². The van der Waals surface area contributed by atoms with Crippen molar-refractivity contribution in [2.75, 3.05) is 0 Å². The first-order valence-corrected chi connectivity index (χ1v) is 11.0. The molecule has 11 heteroatoms. The van der Waals surface area contributed by atoms with Crippen molar-refractivity contribution in [1.29, 1.82) is 0 Å². The van der Waals surface area contributed by atoms with E-state index in [-0.39, 0.29) is 5.56 Å². The lowest BCUT2D eigenvalue weighted by Gasteiger charge is -2.13. The molecule has 0 radical (unpaired) electrons. The molecule has 1 atom stereocenters. The van der Waals surface area contributed by atoms with Crippen LogP contribution in [0.25, 0.3) is 33.2 Å². The highest BCUT2D eigenvalue weighted by atomic mass is 16.4. The normalized spacial score (nSPS) is 12.0. The molecular formula is C25H20N6O5. The summed E-state index contributed by atoms with van der Waals surface area (Å²) in [7, 11) is 0. The van der Waals surface area contributed by atoms with Crippen LogP contribution in [0.5, 0.6) is 0 Å². The topological polar surface area (TPSA) is 163 Å². The summed E-state index contributed by atoms with van der Waals surface area (Å²) < 4.78 is 2.13. The zero-order chi connectivity index (χ0) is 25.2. The van der Waals surface area contributed by atoms with Crippen LogP contribution in [-0.2, 0) is 16.1 Å². The fraction of sp³-hybridized carbons (Fsp3) is 0.120. The van der Waals surface area contributed by atoms with Crippen LogP contribution in [0, 0.1) is 0 Å². The molecule has 180 valence electrons. The molecule has 4 N–H and O–H groups in total. The van der Waals surface area contributed by atoms with Crippen LogP contribution in [0.1, 0.15) is 22.3 Å². The summed E-state index contributed by atoms with van der Waals surface area (Å²) in [6.07, 6.45) is -0.714. The lowest BCUT2D eigenvalue weighted by Crippen LogP contribution is -2.42. The number of amides is 1. The van der Waals surface area contributed by atoms with Gasteiger partial charge in [-0.3, -0.25) is 9.59 Å². The highest BCUT2D eigenvalue weighted by Gasteiger charge is 2.23. The molecule has 0 fully saturated rings. The molecule has 5 aromatic rings. The first-order valence-electron chi connectivity index (χ1n) is 11.0. The van der Waals surface area contributed by atoms with Crippen LogP contribution in [0.15, 0.2) is 66.7 Å². The summed E-state index contributed by atoms with van der Waals surface area (Å²) in [5, 5.41) is 36.7. The van der Waals surface area contributed by atoms with Crippen molar-refractivity contribution >= 4 is 39.7 Å². The van der Waals surface area contributed by atoms with Crippen molar-refractivity contribution < 1.29 is 24.6 Å². The Balaban J connectivity index is 1.49. The van der Waals surface area contributed by atoms with Crippen molar-refractivity contribution in [3.05, 3.63) is 77.9 Å². The second kappa shape index (κ2) is 9.29. The summed E-state index contributed by atoms with van der Waals surface area (Å²) in [4.78, 5) is 34.9. The van der Waals surface area contributed by atoms with Gasteiger partial charge in [0.05, 0.1) is 6.42 Å². The van der Waals surface area contributed by atoms with Gasteiger partial charge >= 0.3 is 11.9 Å². The Morgan fingerprint density at radius 2 is 1.75 bits per heavy atom. The Morgan fingerprint density at radius 3 is 2.50 bits per heavy atom. The number of nitrogens with one attached hydrogen (secondary N) is 2. The van der Waals surface area contributed by atoms with Crippen LogP contribution >= 0.6 is 0 Å². The SMILES string of the molecule is O=C(O)CC(NC(=O)c1cccc(Cn2c3ccccc3c3cc(-c4nn[nH]n4)ccc32)c1)C(=O)O. The fourth-order valence-corrected chi connectivity index (χ4v) is 4.26. The summed E-state index contributed by atoms with van der Waals surface area (Å²) >= 11 is 0. The first kappa shape index (κ1) is 22.7. The minimum Gasteiger partial charge on any atom is -0.481 e. The lowest BCUT2D eigenvalue weighted by molar-refractivity contribution is -0.145. The van der Waals surface area contributed by atoms with E-state index in [1.165, 1.54) is 0 Å². The zero-order valence-corrected chi connectivity index (χ0v) is 18.8. The molecule has 5 rings (SSSR count). The molecule has 1 unspecified atom stereocenters. The molecule has 1 amide bonds. The van der Waals surface area contributed by atoms with E-state index in [0.29, 0.717) is 12.4 Å². The third kappa shape index (κ3) is 4.37. The van der Waals surface area contributed by atoms with E-state index in [1.54, 1.807) is 18.2 Å². The molecule has 0 spiro atoms. The van der Waals surface area contributed by atoms with Gasteiger partial charge in [-0.1, -0.05) is 30.3 Å². The number of nitrogens with zero attached hydrogens (tertiary/aromatic N) is 4. The second-order valence-corrected chi connectivity index (χ2v) is 8.23. The van der Waals surface area contributed by atoms with Gasteiger partial charge in [-0.2, -0.15) is 5.21 Å². The monoisotopic (exact) mass is 484 g/mol. The quantitative estimate of drug-likeness (QED) is 0.261. The van der Waals surface area contributed by atoms with Gasteiger partial charge in [-0.15, -0.1) is 10.2 Å². The van der Waals surface area contributed by atoms with Crippen LogP contribution in [-0.4, -0.2) is 59.3 Å². The number of rotatable bonds is 8. The smallest absolute Gasteiger partial charge is 0.326 e. The van der Waals surface area contributed by atoms with Crippen LogP contribution in [0.2, 0.25) is 0 Å². The van der Waals surface area contributed by atoms with Gasteiger partial charge in [0.1, 0.15) is 6.04 Å². The zero-order valence-electron chi connectivity index (χ0n) is 18.8. The number of aromatic amines is 1. The number of H-pyrrole nitrogens is 1. The Labute approximate surface area is 203 Å². The van der Waals surface area contributed by atoms with E-state index in [4.69, 9.17) is 5.11 Å². The molecule has 0 saturated carbocycles. The Morgan fingerprint density at radius 1 is 0.944 bits per heavy atom. The Kier molecular flexibility index (Phi) is 5.87. The average Bonchev–Trinajstić information content (AvgIpc) is 3.51. The van der Waals surface area contributed by atoms with Gasteiger partial charge in [0.25, 0.3) is 5.91 Å². The number of benzene rings is 3. The van der Waals surface area contributed by atoms with E-state index in [9.17, 15) is 19.5 Å². The maximum Gasteiger partial charge on any atom is 0.326 e. The van der Waals surface area contributed by atoms with Crippen LogP contribution < -0.4 is 5.32 Å². The molecule has 0 aliphatic carbocycles. The van der Waals surface area contributed by atoms with E-state index >= 15 is 0 Å². The number of carbonyl (C=O) groups is 3. The number of hydrogen-bond acceptors (Lipinski definition) is 6. The maximum atomic E-state index is 12.7. The van der Waals surface area contributed by atoms with E-state index < -0.39 is 30.3 Å². The Hall–Kier alpha value is -5.06. The average molecular weight is 484 g/mol. The molecular weight excluding hydrogens is 464 g/mol.